The predicted octanol–water partition coefficient (Wildman–Crippen LogP) is 1.21. The van der Waals surface area contributed by atoms with Crippen LogP contribution in [0.4, 0.5) is 4.39 Å². The zero-order valence-electron chi connectivity index (χ0n) is 7.87. The lowest BCUT2D eigenvalue weighted by molar-refractivity contribution is 0.404. The third-order valence-electron chi connectivity index (χ3n) is 1.85. The number of methoxy groups -OCH3 is 1. The Morgan fingerprint density at radius 3 is 2.64 bits per heavy atom. The molecule has 0 fully saturated rings. The summed E-state index contributed by atoms with van der Waals surface area (Å²) in [6.07, 6.45) is 0. The fourth-order valence-electron chi connectivity index (χ4n) is 1.12. The summed E-state index contributed by atoms with van der Waals surface area (Å²) in [5, 5.41) is 0. The topological polar surface area (TPSA) is 61.3 Å². The number of hydrogen-bond acceptors (Lipinski definition) is 3. The van der Waals surface area contributed by atoms with Gasteiger partial charge in [0.15, 0.2) is 0 Å². The third-order valence-corrected chi connectivity index (χ3v) is 1.85. The maximum absolute atomic E-state index is 12.8. The van der Waals surface area contributed by atoms with Crippen molar-refractivity contribution in [3.05, 3.63) is 29.6 Å². The summed E-state index contributed by atoms with van der Waals surface area (Å²) >= 11 is 0. The highest BCUT2D eigenvalue weighted by molar-refractivity contribution is 5.85. The first-order valence-corrected chi connectivity index (χ1v) is 3.98. The molecule has 0 aliphatic carbocycles. The van der Waals surface area contributed by atoms with E-state index in [-0.39, 0.29) is 30.8 Å². The van der Waals surface area contributed by atoms with Gasteiger partial charge in [-0.2, -0.15) is 0 Å². The molecule has 1 atom stereocenters. The van der Waals surface area contributed by atoms with E-state index in [0.717, 1.165) is 0 Å². The SMILES string of the molecule is COc1ccc(F)cc1[C@@H](N)CN.Cl. The summed E-state index contributed by atoms with van der Waals surface area (Å²) < 4.78 is 17.8. The smallest absolute Gasteiger partial charge is 0.123 e. The number of ether oxygens (including phenoxy) is 1. The van der Waals surface area contributed by atoms with Gasteiger partial charge in [-0.25, -0.2) is 4.39 Å². The highest BCUT2D eigenvalue weighted by Gasteiger charge is 2.10. The zero-order valence-corrected chi connectivity index (χ0v) is 8.68. The molecule has 0 heterocycles. The van der Waals surface area contributed by atoms with E-state index in [1.54, 1.807) is 6.07 Å². The van der Waals surface area contributed by atoms with Crippen LogP contribution in [-0.2, 0) is 0 Å². The molecule has 3 nitrogen and oxygen atoms in total. The fraction of sp³-hybridized carbons (Fsp3) is 0.333. The van der Waals surface area contributed by atoms with Crippen LogP contribution < -0.4 is 16.2 Å². The average molecular weight is 221 g/mol. The first-order valence-electron chi connectivity index (χ1n) is 3.98. The van der Waals surface area contributed by atoms with Crippen LogP contribution in [-0.4, -0.2) is 13.7 Å². The number of halogens is 2. The minimum atomic E-state index is -0.384. The van der Waals surface area contributed by atoms with Gasteiger partial charge in [-0.1, -0.05) is 0 Å². The van der Waals surface area contributed by atoms with Crippen molar-refractivity contribution in [2.24, 2.45) is 11.5 Å². The van der Waals surface area contributed by atoms with Gasteiger partial charge in [0.2, 0.25) is 0 Å². The van der Waals surface area contributed by atoms with Gasteiger partial charge >= 0.3 is 0 Å². The Hall–Kier alpha value is -0.840. The molecule has 0 saturated carbocycles. The van der Waals surface area contributed by atoms with Crippen LogP contribution in [0.2, 0.25) is 0 Å². The maximum Gasteiger partial charge on any atom is 0.123 e. The molecule has 0 spiro atoms. The molecule has 14 heavy (non-hydrogen) atoms. The number of nitrogens with two attached hydrogens (primary N) is 2. The molecule has 80 valence electrons. The Morgan fingerprint density at radius 2 is 2.14 bits per heavy atom. The van der Waals surface area contributed by atoms with Gasteiger partial charge in [-0.05, 0) is 18.2 Å². The second-order valence-electron chi connectivity index (χ2n) is 2.73. The van der Waals surface area contributed by atoms with Gasteiger partial charge in [0, 0.05) is 18.2 Å². The molecule has 1 aromatic rings. The molecule has 0 aliphatic rings. The molecule has 0 amide bonds. The Labute approximate surface area is 88.6 Å². The van der Waals surface area contributed by atoms with E-state index in [1.165, 1.54) is 19.2 Å². The quantitative estimate of drug-likeness (QED) is 0.805. The van der Waals surface area contributed by atoms with Gasteiger partial charge < -0.3 is 16.2 Å². The average Bonchev–Trinajstić information content (AvgIpc) is 2.16. The first kappa shape index (κ1) is 13.2. The van der Waals surface area contributed by atoms with E-state index in [4.69, 9.17) is 16.2 Å². The van der Waals surface area contributed by atoms with Crippen molar-refractivity contribution in [2.45, 2.75) is 6.04 Å². The van der Waals surface area contributed by atoms with Gasteiger partial charge in [0.1, 0.15) is 11.6 Å². The molecule has 1 aromatic carbocycles. The minimum absolute atomic E-state index is 0. The van der Waals surface area contributed by atoms with Crippen LogP contribution >= 0.6 is 12.4 Å². The Bertz CT molecular complexity index is 296. The minimum Gasteiger partial charge on any atom is -0.496 e. The van der Waals surface area contributed by atoms with Crippen LogP contribution in [0.15, 0.2) is 18.2 Å². The number of benzene rings is 1. The summed E-state index contributed by atoms with van der Waals surface area (Å²) in [6.45, 7) is 0.264. The Kier molecular flexibility index (Phi) is 5.45. The standard InChI is InChI=1S/C9H13FN2O.ClH/c1-13-9-3-2-6(10)4-7(9)8(12)5-11;/h2-4,8H,5,11-12H2,1H3;1H/t8-;/m0./s1. The van der Waals surface area contributed by atoms with E-state index < -0.39 is 0 Å². The molecule has 0 unspecified atom stereocenters. The molecule has 4 N–H and O–H groups in total. The van der Waals surface area contributed by atoms with E-state index in [2.05, 4.69) is 0 Å². The van der Waals surface area contributed by atoms with Crippen molar-refractivity contribution in [3.63, 3.8) is 0 Å². The maximum atomic E-state index is 12.8. The lowest BCUT2D eigenvalue weighted by atomic mass is 10.1. The van der Waals surface area contributed by atoms with Gasteiger partial charge in [0.05, 0.1) is 7.11 Å². The van der Waals surface area contributed by atoms with E-state index >= 15 is 0 Å². The molecule has 0 aromatic heterocycles. The van der Waals surface area contributed by atoms with Crippen molar-refractivity contribution in [3.8, 4) is 5.75 Å². The number of hydrogen-bond donors (Lipinski definition) is 2. The number of rotatable bonds is 3. The van der Waals surface area contributed by atoms with Crippen molar-refractivity contribution < 1.29 is 9.13 Å². The predicted molar refractivity (Wildman–Crippen MR) is 56.2 cm³/mol. The van der Waals surface area contributed by atoms with E-state index in [1.807, 2.05) is 0 Å². The van der Waals surface area contributed by atoms with Crippen LogP contribution in [0, 0.1) is 5.82 Å². The van der Waals surface area contributed by atoms with E-state index in [0.29, 0.717) is 11.3 Å². The van der Waals surface area contributed by atoms with Crippen molar-refractivity contribution >= 4 is 12.4 Å². The molecule has 0 radical (unpaired) electrons. The molecular formula is C9H14ClFN2O. The monoisotopic (exact) mass is 220 g/mol. The lowest BCUT2D eigenvalue weighted by Crippen LogP contribution is -2.21. The summed E-state index contributed by atoms with van der Waals surface area (Å²) in [5.41, 5.74) is 11.6. The van der Waals surface area contributed by atoms with Crippen LogP contribution in [0.3, 0.4) is 0 Å². The highest BCUT2D eigenvalue weighted by Crippen LogP contribution is 2.23. The van der Waals surface area contributed by atoms with Crippen LogP contribution in [0.1, 0.15) is 11.6 Å². The second-order valence-corrected chi connectivity index (χ2v) is 2.73. The molecule has 1 rings (SSSR count). The highest BCUT2D eigenvalue weighted by atomic mass is 35.5. The van der Waals surface area contributed by atoms with Crippen molar-refractivity contribution in [1.82, 2.24) is 0 Å². The second kappa shape index (κ2) is 5.80. The van der Waals surface area contributed by atoms with Gasteiger partial charge in [-0.15, -0.1) is 12.4 Å². The Balaban J connectivity index is 0.00000169. The normalized spacial score (nSPS) is 11.7. The first-order chi connectivity index (χ1) is 6.19. The summed E-state index contributed by atoms with van der Waals surface area (Å²) in [4.78, 5) is 0. The molecule has 0 saturated heterocycles. The summed E-state index contributed by atoms with van der Waals surface area (Å²) in [7, 11) is 1.51. The van der Waals surface area contributed by atoms with Gasteiger partial charge in [-0.3, -0.25) is 0 Å². The zero-order chi connectivity index (χ0) is 9.84. The molecule has 0 aliphatic heterocycles. The Morgan fingerprint density at radius 1 is 1.50 bits per heavy atom. The van der Waals surface area contributed by atoms with E-state index in [9.17, 15) is 4.39 Å². The molecule has 0 bridgehead atoms. The molecular weight excluding hydrogens is 207 g/mol. The third kappa shape index (κ3) is 2.83. The summed E-state index contributed by atoms with van der Waals surface area (Å²) in [5.74, 6) is 0.235. The lowest BCUT2D eigenvalue weighted by Gasteiger charge is -2.13. The fourth-order valence-corrected chi connectivity index (χ4v) is 1.12. The molecule has 5 heteroatoms. The van der Waals surface area contributed by atoms with Crippen molar-refractivity contribution in [2.75, 3.05) is 13.7 Å². The van der Waals surface area contributed by atoms with Crippen LogP contribution in [0.25, 0.3) is 0 Å². The van der Waals surface area contributed by atoms with Gasteiger partial charge in [0.25, 0.3) is 0 Å². The van der Waals surface area contributed by atoms with Crippen LogP contribution in [0.5, 0.6) is 5.75 Å². The largest absolute Gasteiger partial charge is 0.496 e. The summed E-state index contributed by atoms with van der Waals surface area (Å²) in [6, 6.07) is 3.83. The van der Waals surface area contributed by atoms with Crippen molar-refractivity contribution in [1.29, 1.82) is 0 Å².